The van der Waals surface area contributed by atoms with Gasteiger partial charge in [0.15, 0.2) is 0 Å². The molecule has 2 aromatic heterocycles. The Morgan fingerprint density at radius 3 is 2.50 bits per heavy atom. The zero-order valence-electron chi connectivity index (χ0n) is 21.8. The van der Waals surface area contributed by atoms with E-state index in [2.05, 4.69) is 20.3 Å². The van der Waals surface area contributed by atoms with Crippen LogP contribution in [0.1, 0.15) is 27.2 Å². The molecule has 0 radical (unpaired) electrons. The van der Waals surface area contributed by atoms with Crippen LogP contribution >= 0.6 is 0 Å². The maximum atomic E-state index is 13.2. The molecule has 10 heteroatoms. The van der Waals surface area contributed by atoms with Crippen molar-refractivity contribution in [2.75, 3.05) is 18.2 Å². The van der Waals surface area contributed by atoms with Crippen LogP contribution in [0.4, 0.5) is 24.8 Å². The molecule has 0 spiro atoms. The number of aromatic nitrogens is 3. The van der Waals surface area contributed by atoms with Gasteiger partial charge < -0.3 is 15.8 Å². The Morgan fingerprint density at radius 2 is 1.77 bits per heavy atom. The number of alkyl halides is 3. The standard InChI is InChI=1S/C30H24F3N5O2/c1-16-7-8-19(28(39)37-22-6-4-5-21(14-22)30(31,32)33)12-23(16)24-13-20-15-36-29(34)38-26(20)25(27(24)40-3)18-9-10-35-17(2)11-18/h4-15H,1-3H3,(H,37,39)(H2,34,36,38). The molecule has 0 aliphatic heterocycles. The number of hydrogen-bond donors (Lipinski definition) is 2. The largest absolute Gasteiger partial charge is 0.495 e. The predicted octanol–water partition coefficient (Wildman–Crippen LogP) is 6.84. The Hall–Kier alpha value is -4.99. The zero-order valence-corrected chi connectivity index (χ0v) is 21.8. The molecule has 0 fully saturated rings. The molecular formula is C30H24F3N5O2. The van der Waals surface area contributed by atoms with E-state index in [1.165, 1.54) is 12.1 Å². The first kappa shape index (κ1) is 26.6. The molecule has 0 bridgehead atoms. The maximum Gasteiger partial charge on any atom is 0.416 e. The highest BCUT2D eigenvalue weighted by Gasteiger charge is 2.30. The van der Waals surface area contributed by atoms with Gasteiger partial charge in [0, 0.05) is 40.3 Å². The van der Waals surface area contributed by atoms with Crippen LogP contribution in [-0.4, -0.2) is 28.0 Å². The zero-order chi connectivity index (χ0) is 28.6. The minimum Gasteiger partial charge on any atom is -0.495 e. The number of rotatable bonds is 5. The number of benzene rings is 3. The lowest BCUT2D eigenvalue weighted by molar-refractivity contribution is -0.137. The summed E-state index contributed by atoms with van der Waals surface area (Å²) in [5.74, 6) is 0.0647. The van der Waals surface area contributed by atoms with Crippen LogP contribution in [0.3, 0.4) is 0 Å². The Morgan fingerprint density at radius 1 is 0.975 bits per heavy atom. The van der Waals surface area contributed by atoms with Gasteiger partial charge in [0.2, 0.25) is 5.95 Å². The second-order valence-electron chi connectivity index (χ2n) is 9.25. The topological polar surface area (TPSA) is 103 Å². The first-order chi connectivity index (χ1) is 19.0. The molecule has 0 aliphatic rings. The molecule has 40 heavy (non-hydrogen) atoms. The number of pyridine rings is 1. The van der Waals surface area contributed by atoms with Gasteiger partial charge in [-0.15, -0.1) is 0 Å². The average molecular weight is 544 g/mol. The van der Waals surface area contributed by atoms with Crippen LogP contribution in [0.5, 0.6) is 5.75 Å². The molecule has 1 amide bonds. The molecule has 3 aromatic carbocycles. The fraction of sp³-hybridized carbons (Fsp3) is 0.133. The molecular weight excluding hydrogens is 519 g/mol. The van der Waals surface area contributed by atoms with E-state index in [9.17, 15) is 18.0 Å². The van der Waals surface area contributed by atoms with E-state index in [4.69, 9.17) is 10.5 Å². The van der Waals surface area contributed by atoms with E-state index >= 15 is 0 Å². The lowest BCUT2D eigenvalue weighted by Gasteiger charge is -2.19. The number of methoxy groups -OCH3 is 1. The highest BCUT2D eigenvalue weighted by molar-refractivity contribution is 6.07. The molecule has 202 valence electrons. The monoisotopic (exact) mass is 543 g/mol. The van der Waals surface area contributed by atoms with Crippen molar-refractivity contribution < 1.29 is 22.7 Å². The van der Waals surface area contributed by atoms with Crippen LogP contribution in [-0.2, 0) is 6.18 Å². The minimum atomic E-state index is -4.52. The van der Waals surface area contributed by atoms with Gasteiger partial charge in [-0.05, 0) is 79.1 Å². The van der Waals surface area contributed by atoms with Gasteiger partial charge in [-0.2, -0.15) is 13.2 Å². The first-order valence-electron chi connectivity index (χ1n) is 12.2. The van der Waals surface area contributed by atoms with Crippen molar-refractivity contribution in [3.8, 4) is 28.0 Å². The number of ether oxygens (including phenoxy) is 1. The number of nitrogens with two attached hydrogens (primary N) is 1. The quantitative estimate of drug-likeness (QED) is 0.252. The summed E-state index contributed by atoms with van der Waals surface area (Å²) in [6.45, 7) is 3.77. The lowest BCUT2D eigenvalue weighted by atomic mass is 9.91. The van der Waals surface area contributed by atoms with Crippen molar-refractivity contribution in [2.45, 2.75) is 20.0 Å². The maximum absolute atomic E-state index is 13.2. The van der Waals surface area contributed by atoms with Crippen LogP contribution in [0.15, 0.2) is 73.1 Å². The Kier molecular flexibility index (Phi) is 6.85. The van der Waals surface area contributed by atoms with Crippen LogP contribution in [0.2, 0.25) is 0 Å². The van der Waals surface area contributed by atoms with Gasteiger partial charge in [0.25, 0.3) is 5.91 Å². The number of anilines is 2. The van der Waals surface area contributed by atoms with E-state index in [0.717, 1.165) is 29.0 Å². The van der Waals surface area contributed by atoms with E-state index in [1.54, 1.807) is 37.7 Å². The number of carbonyl (C=O) groups excluding carboxylic acids is 1. The van der Waals surface area contributed by atoms with Crippen molar-refractivity contribution in [1.82, 2.24) is 15.0 Å². The smallest absolute Gasteiger partial charge is 0.416 e. The molecule has 5 aromatic rings. The van der Waals surface area contributed by atoms with Crippen LogP contribution in [0, 0.1) is 13.8 Å². The van der Waals surface area contributed by atoms with Crippen molar-refractivity contribution in [3.63, 3.8) is 0 Å². The Bertz CT molecular complexity index is 1770. The summed E-state index contributed by atoms with van der Waals surface area (Å²) in [4.78, 5) is 26.1. The van der Waals surface area contributed by atoms with Gasteiger partial charge in [-0.3, -0.25) is 9.78 Å². The number of carbonyl (C=O) groups is 1. The van der Waals surface area contributed by atoms with E-state index < -0.39 is 17.6 Å². The number of nitrogen functional groups attached to an aromatic ring is 1. The number of amides is 1. The van der Waals surface area contributed by atoms with Crippen LogP contribution in [0.25, 0.3) is 33.2 Å². The van der Waals surface area contributed by atoms with E-state index in [-0.39, 0.29) is 17.2 Å². The number of hydrogen-bond acceptors (Lipinski definition) is 6. The fourth-order valence-corrected chi connectivity index (χ4v) is 4.58. The van der Waals surface area contributed by atoms with Gasteiger partial charge in [-0.1, -0.05) is 12.1 Å². The summed E-state index contributed by atoms with van der Waals surface area (Å²) in [5, 5.41) is 3.27. The van der Waals surface area contributed by atoms with Crippen LogP contribution < -0.4 is 15.8 Å². The SMILES string of the molecule is COc1c(-c2cc(C(=O)Nc3cccc(C(F)(F)F)c3)ccc2C)cc2cnc(N)nc2c1-c1ccnc(C)c1. The molecule has 3 N–H and O–H groups in total. The second-order valence-corrected chi connectivity index (χ2v) is 9.25. The van der Waals surface area contributed by atoms with Crippen molar-refractivity contribution in [1.29, 1.82) is 0 Å². The summed E-state index contributed by atoms with van der Waals surface area (Å²) < 4.78 is 45.4. The molecule has 0 saturated heterocycles. The Balaban J connectivity index is 1.65. The average Bonchev–Trinajstić information content (AvgIpc) is 2.92. The van der Waals surface area contributed by atoms with Gasteiger partial charge in [0.1, 0.15) is 5.75 Å². The number of nitrogens with zero attached hydrogens (tertiary/aromatic N) is 3. The first-order valence-corrected chi connectivity index (χ1v) is 12.2. The fourth-order valence-electron chi connectivity index (χ4n) is 4.58. The molecule has 0 saturated carbocycles. The molecule has 0 atom stereocenters. The molecule has 0 unspecified atom stereocenters. The van der Waals surface area contributed by atoms with E-state index in [0.29, 0.717) is 33.3 Å². The summed E-state index contributed by atoms with van der Waals surface area (Å²) in [6.07, 6.45) is -1.21. The molecule has 5 rings (SSSR count). The minimum absolute atomic E-state index is 0.0373. The second kappa shape index (κ2) is 10.3. The summed E-state index contributed by atoms with van der Waals surface area (Å²) >= 11 is 0. The number of halogens is 3. The summed E-state index contributed by atoms with van der Waals surface area (Å²) in [6, 6.07) is 15.2. The normalized spacial score (nSPS) is 11.4. The lowest BCUT2D eigenvalue weighted by Crippen LogP contribution is -2.13. The summed E-state index contributed by atoms with van der Waals surface area (Å²) in [5.41, 5.74) is 10.5. The van der Waals surface area contributed by atoms with Gasteiger partial charge in [0.05, 0.1) is 23.8 Å². The molecule has 0 aliphatic carbocycles. The molecule has 2 heterocycles. The van der Waals surface area contributed by atoms with Gasteiger partial charge in [-0.25, -0.2) is 9.97 Å². The highest BCUT2D eigenvalue weighted by Crippen LogP contribution is 2.44. The van der Waals surface area contributed by atoms with E-state index in [1.807, 2.05) is 32.0 Å². The molecule has 7 nitrogen and oxygen atoms in total. The highest BCUT2D eigenvalue weighted by atomic mass is 19.4. The Labute approximate surface area is 227 Å². The predicted molar refractivity (Wildman–Crippen MR) is 148 cm³/mol. The number of aryl methyl sites for hydroxylation is 2. The van der Waals surface area contributed by atoms with Crippen molar-refractivity contribution in [2.24, 2.45) is 0 Å². The summed E-state index contributed by atoms with van der Waals surface area (Å²) in [7, 11) is 1.55. The van der Waals surface area contributed by atoms with Gasteiger partial charge >= 0.3 is 6.18 Å². The van der Waals surface area contributed by atoms with Crippen molar-refractivity contribution in [3.05, 3.63) is 95.4 Å². The third-order valence-electron chi connectivity index (χ3n) is 6.47. The van der Waals surface area contributed by atoms with Crippen molar-refractivity contribution >= 4 is 28.4 Å². The number of fused-ring (bicyclic) bond motifs is 1. The third-order valence-corrected chi connectivity index (χ3v) is 6.47. The third kappa shape index (κ3) is 5.15. The number of nitrogens with one attached hydrogen (secondary N) is 1.